The zero-order valence-electron chi connectivity index (χ0n) is 11.6. The van der Waals surface area contributed by atoms with Crippen LogP contribution in [0.5, 0.6) is 0 Å². The highest BCUT2D eigenvalue weighted by Gasteiger charge is 2.10. The molecule has 19 heavy (non-hydrogen) atoms. The fraction of sp³-hybridized carbons (Fsp3) is 0.400. The quantitative estimate of drug-likeness (QED) is 0.897. The first-order chi connectivity index (χ1) is 8.94. The first kappa shape index (κ1) is 14.1. The second-order valence-corrected chi connectivity index (χ2v) is 6.13. The number of aromatic nitrogens is 2. The van der Waals surface area contributed by atoms with Crippen molar-refractivity contribution in [2.24, 2.45) is 0 Å². The van der Waals surface area contributed by atoms with Crippen LogP contribution in [0.25, 0.3) is 0 Å². The Labute approximate surface area is 119 Å². The number of hydrogen-bond acceptors (Lipinski definition) is 2. The van der Waals surface area contributed by atoms with E-state index in [0.717, 1.165) is 35.1 Å². The lowest BCUT2D eigenvalue weighted by atomic mass is 10.1. The first-order valence-electron chi connectivity index (χ1n) is 6.45. The number of H-pyrrole nitrogens is 1. The van der Waals surface area contributed by atoms with Gasteiger partial charge in [0.05, 0.1) is 0 Å². The smallest absolute Gasteiger partial charge is 0.110 e. The summed E-state index contributed by atoms with van der Waals surface area (Å²) in [7, 11) is 0. The predicted octanol–water partition coefficient (Wildman–Crippen LogP) is 3.54. The van der Waals surface area contributed by atoms with Gasteiger partial charge in [-0.15, -0.1) is 0 Å². The molecule has 0 aliphatic carbocycles. The van der Waals surface area contributed by atoms with Crippen LogP contribution in [0.2, 0.25) is 5.02 Å². The molecule has 0 atom stereocenters. The highest BCUT2D eigenvalue weighted by molar-refractivity contribution is 6.31. The maximum Gasteiger partial charge on any atom is 0.110 e. The van der Waals surface area contributed by atoms with Gasteiger partial charge >= 0.3 is 0 Å². The van der Waals surface area contributed by atoms with Crippen molar-refractivity contribution >= 4 is 11.6 Å². The topological polar surface area (TPSA) is 40.7 Å². The Balaban J connectivity index is 2.00. The third kappa shape index (κ3) is 4.37. The summed E-state index contributed by atoms with van der Waals surface area (Å²) in [6, 6.07) is 7.86. The lowest BCUT2D eigenvalue weighted by Gasteiger charge is -2.19. The molecule has 2 N–H and O–H groups in total. The molecule has 1 aromatic heterocycles. The summed E-state index contributed by atoms with van der Waals surface area (Å²) in [6.07, 6.45) is 2.61. The summed E-state index contributed by atoms with van der Waals surface area (Å²) in [5.41, 5.74) is 2.29. The van der Waals surface area contributed by atoms with E-state index in [1.165, 1.54) is 0 Å². The van der Waals surface area contributed by atoms with E-state index in [2.05, 4.69) is 36.1 Å². The Morgan fingerprint density at radius 3 is 2.68 bits per heavy atom. The van der Waals surface area contributed by atoms with E-state index in [9.17, 15) is 0 Å². The molecule has 1 heterocycles. The van der Waals surface area contributed by atoms with Crippen LogP contribution in [0.1, 0.15) is 37.9 Å². The van der Waals surface area contributed by atoms with Crippen LogP contribution in [0.15, 0.2) is 30.5 Å². The number of halogens is 1. The molecule has 3 nitrogen and oxygen atoms in total. The Bertz CT molecular complexity index is 540. The van der Waals surface area contributed by atoms with E-state index in [4.69, 9.17) is 11.6 Å². The molecule has 102 valence electrons. The number of aromatic amines is 1. The van der Waals surface area contributed by atoms with Crippen molar-refractivity contribution in [3.05, 3.63) is 52.6 Å². The van der Waals surface area contributed by atoms with Gasteiger partial charge in [-0.3, -0.25) is 0 Å². The minimum Gasteiger partial charge on any atom is -0.345 e. The molecule has 0 aliphatic rings. The molecule has 4 heteroatoms. The molecule has 2 aromatic rings. The third-order valence-electron chi connectivity index (χ3n) is 2.81. The summed E-state index contributed by atoms with van der Waals surface area (Å²) in [4.78, 5) is 7.73. The molecular formula is C15H20ClN3. The minimum atomic E-state index is 0.105. The molecular weight excluding hydrogens is 258 g/mol. The monoisotopic (exact) mass is 277 g/mol. The minimum absolute atomic E-state index is 0.105. The van der Waals surface area contributed by atoms with E-state index >= 15 is 0 Å². The summed E-state index contributed by atoms with van der Waals surface area (Å²) < 4.78 is 0. The molecule has 0 fully saturated rings. The molecule has 2 rings (SSSR count). The van der Waals surface area contributed by atoms with Gasteiger partial charge in [0.25, 0.3) is 0 Å². The number of nitrogens with zero attached hydrogens (tertiary/aromatic N) is 1. The molecule has 0 radical (unpaired) electrons. The summed E-state index contributed by atoms with van der Waals surface area (Å²) >= 11 is 6.15. The Hall–Kier alpha value is -1.32. The summed E-state index contributed by atoms with van der Waals surface area (Å²) in [5.74, 6) is 0.943. The van der Waals surface area contributed by atoms with Gasteiger partial charge in [-0.05, 0) is 32.4 Å². The lowest BCUT2D eigenvalue weighted by Crippen LogP contribution is -2.35. The van der Waals surface area contributed by atoms with Gasteiger partial charge in [-0.25, -0.2) is 4.98 Å². The highest BCUT2D eigenvalue weighted by Crippen LogP contribution is 2.17. The number of imidazole rings is 1. The van der Waals surface area contributed by atoms with Crippen LogP contribution in [-0.4, -0.2) is 15.5 Å². The zero-order valence-corrected chi connectivity index (χ0v) is 12.4. The molecule has 0 unspecified atom stereocenters. The standard InChI is InChI=1S/C15H20ClN3/c1-15(2,3)18-10-12-9-17-14(19-12)8-11-6-4-5-7-13(11)16/h4-7,9,18H,8,10H2,1-3H3,(H,17,19). The predicted molar refractivity (Wildman–Crippen MR) is 79.4 cm³/mol. The fourth-order valence-corrected chi connectivity index (χ4v) is 1.97. The van der Waals surface area contributed by atoms with Gasteiger partial charge in [-0.2, -0.15) is 0 Å². The van der Waals surface area contributed by atoms with Gasteiger partial charge in [0.15, 0.2) is 0 Å². The normalized spacial score (nSPS) is 11.8. The Kier molecular flexibility index (Phi) is 4.27. The van der Waals surface area contributed by atoms with Crippen LogP contribution in [0.3, 0.4) is 0 Å². The van der Waals surface area contributed by atoms with E-state index in [1.54, 1.807) is 0 Å². The molecule has 0 aliphatic heterocycles. The maximum absolute atomic E-state index is 6.15. The second-order valence-electron chi connectivity index (χ2n) is 5.73. The summed E-state index contributed by atoms with van der Waals surface area (Å²) in [6.45, 7) is 7.23. The summed E-state index contributed by atoms with van der Waals surface area (Å²) in [5, 5.41) is 4.21. The lowest BCUT2D eigenvalue weighted by molar-refractivity contribution is 0.421. The fourth-order valence-electron chi connectivity index (χ4n) is 1.77. The van der Waals surface area contributed by atoms with Gasteiger partial charge in [0.1, 0.15) is 5.82 Å². The Morgan fingerprint density at radius 2 is 2.00 bits per heavy atom. The molecule has 0 spiro atoms. The number of benzene rings is 1. The second kappa shape index (κ2) is 5.76. The average molecular weight is 278 g/mol. The number of hydrogen-bond donors (Lipinski definition) is 2. The van der Waals surface area contributed by atoms with Crippen molar-refractivity contribution in [2.75, 3.05) is 0 Å². The van der Waals surface area contributed by atoms with Crippen LogP contribution >= 0.6 is 11.6 Å². The Morgan fingerprint density at radius 1 is 1.26 bits per heavy atom. The van der Waals surface area contributed by atoms with Crippen LogP contribution in [0.4, 0.5) is 0 Å². The van der Waals surface area contributed by atoms with E-state index in [1.807, 2.05) is 30.5 Å². The third-order valence-corrected chi connectivity index (χ3v) is 3.17. The van der Waals surface area contributed by atoms with Crippen LogP contribution in [-0.2, 0) is 13.0 Å². The molecule has 0 saturated heterocycles. The van der Waals surface area contributed by atoms with Gasteiger partial charge in [0.2, 0.25) is 0 Å². The maximum atomic E-state index is 6.15. The zero-order chi connectivity index (χ0) is 13.9. The van der Waals surface area contributed by atoms with Gasteiger partial charge < -0.3 is 10.3 Å². The average Bonchev–Trinajstić information content (AvgIpc) is 2.77. The van der Waals surface area contributed by atoms with Crippen molar-refractivity contribution in [1.82, 2.24) is 15.3 Å². The van der Waals surface area contributed by atoms with Crippen molar-refractivity contribution < 1.29 is 0 Å². The van der Waals surface area contributed by atoms with Crippen LogP contribution in [0, 0.1) is 0 Å². The largest absolute Gasteiger partial charge is 0.345 e. The van der Waals surface area contributed by atoms with Crippen LogP contribution < -0.4 is 5.32 Å². The SMILES string of the molecule is CC(C)(C)NCc1cnc(Cc2ccccc2Cl)[nH]1. The van der Waals surface area contributed by atoms with Gasteiger partial charge in [0, 0.05) is 35.4 Å². The molecule has 0 amide bonds. The molecule has 1 aromatic carbocycles. The van der Waals surface area contributed by atoms with Crippen molar-refractivity contribution in [3.63, 3.8) is 0 Å². The van der Waals surface area contributed by atoms with Crippen molar-refractivity contribution in [3.8, 4) is 0 Å². The van der Waals surface area contributed by atoms with Crippen molar-refractivity contribution in [1.29, 1.82) is 0 Å². The van der Waals surface area contributed by atoms with Crippen molar-refractivity contribution in [2.45, 2.75) is 39.3 Å². The molecule has 0 saturated carbocycles. The van der Waals surface area contributed by atoms with Gasteiger partial charge in [-0.1, -0.05) is 29.8 Å². The van der Waals surface area contributed by atoms with E-state index in [0.29, 0.717) is 0 Å². The first-order valence-corrected chi connectivity index (χ1v) is 6.83. The number of rotatable bonds is 4. The highest BCUT2D eigenvalue weighted by atomic mass is 35.5. The molecule has 0 bridgehead atoms. The van der Waals surface area contributed by atoms with E-state index in [-0.39, 0.29) is 5.54 Å². The van der Waals surface area contributed by atoms with E-state index < -0.39 is 0 Å². The number of nitrogens with one attached hydrogen (secondary N) is 2.